The van der Waals surface area contributed by atoms with Crippen molar-refractivity contribution in [3.63, 3.8) is 0 Å². The van der Waals surface area contributed by atoms with Crippen molar-refractivity contribution < 1.29 is 121 Å². The molecule has 0 radical (unpaired) electrons. The number of nitro groups is 1. The van der Waals surface area contributed by atoms with Crippen molar-refractivity contribution >= 4 is 11.7 Å². The van der Waals surface area contributed by atoms with Crippen LogP contribution in [0.1, 0.15) is 76.9 Å². The van der Waals surface area contributed by atoms with E-state index in [1.165, 1.54) is 0 Å². The van der Waals surface area contributed by atoms with E-state index in [9.17, 15) is 111 Å². The van der Waals surface area contributed by atoms with Gasteiger partial charge in [-0.1, -0.05) is 19.8 Å². The average Bonchev–Trinajstić information content (AvgIpc) is 3.07. The van der Waals surface area contributed by atoms with Crippen LogP contribution >= 0.6 is 0 Å². The topological polar surface area (TPSA) is 87.9 Å². The van der Waals surface area contributed by atoms with Crippen molar-refractivity contribution in [3.05, 3.63) is 27.8 Å². The van der Waals surface area contributed by atoms with Gasteiger partial charge in [-0.3, -0.25) is 14.9 Å². The Morgan fingerprint density at radius 2 is 0.966 bits per heavy atom. The third kappa shape index (κ3) is 10.7. The Hall–Kier alpha value is -3.85. The number of hydrogen-bond acceptors (Lipinski definition) is 6. The summed E-state index contributed by atoms with van der Waals surface area (Å²) in [4.78, 5) is 22.7. The minimum Gasteiger partial charge on any atom is -0.490 e. The van der Waals surface area contributed by atoms with Gasteiger partial charge in [0.1, 0.15) is 6.10 Å². The molecule has 0 heterocycles. The Morgan fingerprint density at radius 1 is 0.593 bits per heavy atom. The normalized spacial score (nSPS) is 14.9. The van der Waals surface area contributed by atoms with Gasteiger partial charge >= 0.3 is 65.7 Å². The van der Waals surface area contributed by atoms with E-state index in [1.54, 1.807) is 6.92 Å². The van der Waals surface area contributed by atoms with Crippen LogP contribution in [0, 0.1) is 10.1 Å². The molecule has 0 spiro atoms. The fourth-order valence-corrected chi connectivity index (χ4v) is 4.59. The number of halogens is 22. The van der Waals surface area contributed by atoms with Crippen LogP contribution in [0.15, 0.2) is 12.1 Å². The molecule has 0 amide bonds. The molecule has 1 atom stereocenters. The summed E-state index contributed by atoms with van der Waals surface area (Å²) in [6, 6.07) is 0.688. The number of rotatable bonds is 23. The average molecular weight is 918 g/mol. The van der Waals surface area contributed by atoms with E-state index in [-0.39, 0.29) is 18.9 Å². The molecule has 1 unspecified atom stereocenters. The Kier molecular flexibility index (Phi) is 16.2. The third-order valence-corrected chi connectivity index (χ3v) is 8.01. The smallest absolute Gasteiger partial charge is 0.460 e. The molecule has 344 valence electrons. The van der Waals surface area contributed by atoms with Crippen molar-refractivity contribution in [3.8, 4) is 11.5 Å². The zero-order valence-corrected chi connectivity index (χ0v) is 29.5. The maximum atomic E-state index is 14.3. The summed E-state index contributed by atoms with van der Waals surface area (Å²) >= 11 is 0. The van der Waals surface area contributed by atoms with E-state index in [0.29, 0.717) is 18.9 Å². The number of unbranched alkanes of at least 4 members (excludes halogenated alkanes) is 2. The molecule has 59 heavy (non-hydrogen) atoms. The number of carbonyl (C=O) groups is 1. The highest BCUT2D eigenvalue weighted by atomic mass is 19.4. The van der Waals surface area contributed by atoms with Crippen molar-refractivity contribution in [2.24, 2.45) is 0 Å². The summed E-state index contributed by atoms with van der Waals surface area (Å²) in [5, 5.41) is 11.8. The Morgan fingerprint density at radius 3 is 1.36 bits per heavy atom. The van der Waals surface area contributed by atoms with Gasteiger partial charge in [0.2, 0.25) is 0 Å². The summed E-state index contributed by atoms with van der Waals surface area (Å²) in [5.41, 5.74) is -1.86. The summed E-state index contributed by atoms with van der Waals surface area (Å²) in [7, 11) is 0. The predicted molar refractivity (Wildman–Crippen MR) is 153 cm³/mol. The van der Waals surface area contributed by atoms with Crippen molar-refractivity contribution in [1.82, 2.24) is 0 Å². The predicted octanol–water partition coefficient (Wildman–Crippen LogP) is 12.3. The third-order valence-electron chi connectivity index (χ3n) is 8.01. The molecule has 0 aliphatic heterocycles. The first-order chi connectivity index (χ1) is 26.2. The second-order valence-electron chi connectivity index (χ2n) is 12.5. The number of alkyl halides is 22. The van der Waals surface area contributed by atoms with Gasteiger partial charge in [-0.25, -0.2) is 0 Å². The number of esters is 1. The highest BCUT2D eigenvalue weighted by Gasteiger charge is 2.90. The van der Waals surface area contributed by atoms with Crippen molar-refractivity contribution in [1.29, 1.82) is 0 Å². The molecule has 1 aromatic rings. The first-order valence-corrected chi connectivity index (χ1v) is 16.2. The van der Waals surface area contributed by atoms with Crippen LogP contribution < -0.4 is 9.47 Å². The second kappa shape index (κ2) is 18.0. The van der Waals surface area contributed by atoms with Crippen LogP contribution in [0.25, 0.3) is 0 Å². The van der Waals surface area contributed by atoms with Crippen LogP contribution in [0.2, 0.25) is 0 Å². The van der Waals surface area contributed by atoms with Gasteiger partial charge in [-0.2, -0.15) is 96.6 Å². The summed E-state index contributed by atoms with van der Waals surface area (Å²) in [6.07, 6.45) is -24.2. The van der Waals surface area contributed by atoms with Crippen LogP contribution in [-0.2, 0) is 9.53 Å². The number of nitrogens with zero attached hydrogens (tertiary/aromatic N) is 1. The zero-order chi connectivity index (χ0) is 46.6. The first kappa shape index (κ1) is 53.2. The Labute approximate surface area is 316 Å². The lowest BCUT2D eigenvalue weighted by Crippen LogP contribution is -2.70. The molecule has 0 saturated carbocycles. The standard InChI is InChI=1S/C30H29F22NO6/c1-3-4-5-8-20(54)59-15(2)16-13-18(57-11-6-9-21(31,32)23(35,36)25(39,40)26(41,42)28(45,46)30(50,51)52)19(14-17(16)53(55)56)58-12-7-10-22(33,34)24(37,38)27(43,44)29(47,48)49/h13-15H,3-12H2,1-2H3. The van der Waals surface area contributed by atoms with Gasteiger partial charge in [0, 0.05) is 19.3 Å². The van der Waals surface area contributed by atoms with E-state index >= 15 is 0 Å². The SMILES string of the molecule is CCCCCC(=O)OC(C)c1cc(OCCCC(F)(F)C(F)(F)C(F)(F)C(F)(F)C(F)(F)C(F)(F)F)c(OCCCC(F)(F)C(F)(F)C(F)(F)C(F)(F)F)cc1[N+](=O)[O-]. The van der Waals surface area contributed by atoms with Crippen LogP contribution in [0.5, 0.6) is 11.5 Å². The van der Waals surface area contributed by atoms with E-state index in [2.05, 4.69) is 0 Å². The van der Waals surface area contributed by atoms with E-state index < -0.39 is 138 Å². The Balaban J connectivity index is 3.50. The number of carbonyl (C=O) groups excluding carboxylic acids is 1. The van der Waals surface area contributed by atoms with Gasteiger partial charge in [0.05, 0.1) is 29.8 Å². The molecule has 1 aromatic carbocycles. The fourth-order valence-electron chi connectivity index (χ4n) is 4.59. The van der Waals surface area contributed by atoms with Gasteiger partial charge in [0.25, 0.3) is 5.69 Å². The quantitative estimate of drug-likeness (QED) is 0.0357. The fraction of sp³-hybridized carbons (Fsp3) is 0.767. The maximum Gasteiger partial charge on any atom is 0.460 e. The molecule has 0 aliphatic rings. The van der Waals surface area contributed by atoms with Gasteiger partial charge in [-0.05, 0) is 32.3 Å². The molecular weight excluding hydrogens is 888 g/mol. The number of nitro benzene ring substituents is 1. The number of ether oxygens (including phenoxy) is 3. The lowest BCUT2D eigenvalue weighted by Gasteiger charge is -2.39. The van der Waals surface area contributed by atoms with Crippen molar-refractivity contribution in [2.75, 3.05) is 13.2 Å². The second-order valence-corrected chi connectivity index (χ2v) is 12.5. The lowest BCUT2D eigenvalue weighted by atomic mass is 9.92. The molecule has 0 saturated heterocycles. The minimum absolute atomic E-state index is 0.238. The summed E-state index contributed by atoms with van der Waals surface area (Å²) in [5.74, 6) is -62.3. The van der Waals surface area contributed by atoms with Gasteiger partial charge in [-0.15, -0.1) is 0 Å². The highest BCUT2D eigenvalue weighted by molar-refractivity contribution is 5.70. The molecule has 7 nitrogen and oxygen atoms in total. The van der Waals surface area contributed by atoms with Gasteiger partial charge < -0.3 is 14.2 Å². The Bertz CT molecular complexity index is 1590. The molecule has 0 fully saturated rings. The van der Waals surface area contributed by atoms with Crippen LogP contribution in [0.3, 0.4) is 0 Å². The first-order valence-electron chi connectivity index (χ1n) is 16.2. The molecule has 1 rings (SSSR count). The van der Waals surface area contributed by atoms with E-state index in [0.717, 1.165) is 6.92 Å². The summed E-state index contributed by atoms with van der Waals surface area (Å²) in [6.45, 7) is -0.337. The van der Waals surface area contributed by atoms with Crippen LogP contribution in [0.4, 0.5) is 102 Å². The number of benzene rings is 1. The summed E-state index contributed by atoms with van der Waals surface area (Å²) < 4.78 is 308. The molecule has 0 N–H and O–H groups in total. The molecule has 0 aromatic heterocycles. The highest BCUT2D eigenvalue weighted by Crippen LogP contribution is 2.61. The number of hydrogen-bond donors (Lipinski definition) is 0. The monoisotopic (exact) mass is 917 g/mol. The molecular formula is C30H29F22NO6. The van der Waals surface area contributed by atoms with Gasteiger partial charge in [0.15, 0.2) is 11.5 Å². The van der Waals surface area contributed by atoms with E-state index in [4.69, 9.17) is 14.2 Å². The van der Waals surface area contributed by atoms with Crippen LogP contribution in [-0.4, -0.2) is 83.8 Å². The molecule has 0 aliphatic carbocycles. The maximum absolute atomic E-state index is 14.3. The lowest BCUT2D eigenvalue weighted by molar-refractivity contribution is -0.440. The minimum atomic E-state index is -8.20. The van der Waals surface area contributed by atoms with Crippen molar-refractivity contribution in [2.45, 2.75) is 131 Å². The molecule has 0 bridgehead atoms. The molecule has 29 heteroatoms. The van der Waals surface area contributed by atoms with E-state index in [1.807, 2.05) is 0 Å². The largest absolute Gasteiger partial charge is 0.490 e. The zero-order valence-electron chi connectivity index (χ0n) is 29.5.